The number of benzene rings is 1. The number of carboxylic acid groups (broad SMARTS) is 1. The van der Waals surface area contributed by atoms with E-state index in [4.69, 9.17) is 9.97 Å². The highest BCUT2D eigenvalue weighted by Gasteiger charge is 2.26. The molecule has 1 aromatic carbocycles. The van der Waals surface area contributed by atoms with E-state index in [9.17, 15) is 19.5 Å². The normalized spacial score (nSPS) is 15.0. The third-order valence-corrected chi connectivity index (χ3v) is 10.1. The lowest BCUT2D eigenvalue weighted by molar-refractivity contribution is 0.0694. The maximum Gasteiger partial charge on any atom is 0.341 e. The molecule has 1 aliphatic heterocycles. The number of carbonyl (C=O) groups is 2. The fraction of sp³-hybridized carbons (Fsp3) is 0.351. The highest BCUT2D eigenvalue weighted by molar-refractivity contribution is 7.13. The van der Waals surface area contributed by atoms with E-state index in [2.05, 4.69) is 39.3 Å². The lowest BCUT2D eigenvalue weighted by Gasteiger charge is -2.35. The number of hydrogen-bond donors (Lipinski definition) is 3. The molecule has 6 rings (SSSR count). The first kappa shape index (κ1) is 34.9. The Morgan fingerprint density at radius 1 is 1.04 bits per heavy atom. The Hall–Kier alpha value is -4.98. The summed E-state index contributed by atoms with van der Waals surface area (Å²) in [6, 6.07) is 12.8. The number of aromatic nitrogens is 4. The van der Waals surface area contributed by atoms with Gasteiger partial charge in [0.05, 0.1) is 28.5 Å². The fourth-order valence-corrected chi connectivity index (χ4v) is 7.36. The van der Waals surface area contributed by atoms with Gasteiger partial charge in [0.25, 0.3) is 0 Å². The molecule has 0 aliphatic carbocycles. The van der Waals surface area contributed by atoms with Gasteiger partial charge in [-0.25, -0.2) is 19.6 Å². The van der Waals surface area contributed by atoms with Crippen LogP contribution < -0.4 is 16.1 Å². The number of piperidine rings is 1. The van der Waals surface area contributed by atoms with Crippen LogP contribution in [0.1, 0.15) is 50.0 Å². The number of pyridine rings is 3. The maximum absolute atomic E-state index is 13.7. The van der Waals surface area contributed by atoms with Gasteiger partial charge in [0.1, 0.15) is 16.4 Å². The van der Waals surface area contributed by atoms with Gasteiger partial charge in [-0.15, -0.1) is 11.3 Å². The Labute approximate surface area is 294 Å². The number of likely N-dealkylation sites (tertiary alicyclic amines) is 1. The van der Waals surface area contributed by atoms with Crippen molar-refractivity contribution >= 4 is 40.1 Å². The lowest BCUT2D eigenvalue weighted by atomic mass is 10.0. The van der Waals surface area contributed by atoms with Crippen LogP contribution in [0.2, 0.25) is 0 Å². The number of thiazole rings is 1. The molecule has 260 valence electrons. The van der Waals surface area contributed by atoms with Crippen molar-refractivity contribution in [1.82, 2.24) is 34.6 Å². The molecular formula is C37H42N8O4S. The van der Waals surface area contributed by atoms with Crippen molar-refractivity contribution in [3.05, 3.63) is 82.2 Å². The molecule has 12 nitrogen and oxygen atoms in total. The Morgan fingerprint density at radius 3 is 2.58 bits per heavy atom. The molecule has 1 saturated heterocycles. The van der Waals surface area contributed by atoms with E-state index in [1.807, 2.05) is 47.2 Å². The standard InChI is InChI=1S/C37H42N8O4S/c1-4-38-37(49)42-33-18-26(35-41-31(23-50-35)24-11-8-7-9-12-24)28(19-40-33)30-17-27-32(20-39-30)45(22-29(34(27)46)36(47)48)25-13-10-14-44(21-25)16-15-43(5-2)6-3/h7-9,11-12,17-20,22-23,25H,4-6,10,13-16,21H2,1-3H3,(H,47,48)(H2,38,40,42,49)/t25-/m1/s1. The van der Waals surface area contributed by atoms with Crippen molar-refractivity contribution in [2.24, 2.45) is 0 Å². The molecule has 0 unspecified atom stereocenters. The lowest BCUT2D eigenvalue weighted by Crippen LogP contribution is -2.41. The smallest absolute Gasteiger partial charge is 0.341 e. The van der Waals surface area contributed by atoms with Crippen LogP contribution in [0.25, 0.3) is 44.0 Å². The molecule has 0 spiro atoms. The monoisotopic (exact) mass is 694 g/mol. The van der Waals surface area contributed by atoms with Crippen molar-refractivity contribution in [3.8, 4) is 33.1 Å². The van der Waals surface area contributed by atoms with E-state index >= 15 is 0 Å². The van der Waals surface area contributed by atoms with Gasteiger partial charge in [-0.2, -0.15) is 0 Å². The van der Waals surface area contributed by atoms with Crippen molar-refractivity contribution in [3.63, 3.8) is 0 Å². The van der Waals surface area contributed by atoms with Gasteiger partial charge in [0.2, 0.25) is 5.43 Å². The summed E-state index contributed by atoms with van der Waals surface area (Å²) in [5.41, 5.74) is 3.21. The fourth-order valence-electron chi connectivity index (χ4n) is 6.50. The highest BCUT2D eigenvalue weighted by Crippen LogP contribution is 2.37. The molecule has 0 bridgehead atoms. The molecule has 3 N–H and O–H groups in total. The molecule has 0 radical (unpaired) electrons. The quantitative estimate of drug-likeness (QED) is 0.142. The molecule has 0 saturated carbocycles. The molecule has 1 aliphatic rings. The number of amides is 2. The van der Waals surface area contributed by atoms with E-state index in [1.54, 1.807) is 24.5 Å². The molecule has 13 heteroatoms. The molecule has 1 fully saturated rings. The van der Waals surface area contributed by atoms with Crippen molar-refractivity contribution in [1.29, 1.82) is 0 Å². The summed E-state index contributed by atoms with van der Waals surface area (Å²) in [5, 5.41) is 18.5. The average Bonchev–Trinajstić information content (AvgIpc) is 3.63. The largest absolute Gasteiger partial charge is 0.477 e. The molecular weight excluding hydrogens is 653 g/mol. The summed E-state index contributed by atoms with van der Waals surface area (Å²) >= 11 is 1.44. The molecule has 1 atom stereocenters. The summed E-state index contributed by atoms with van der Waals surface area (Å²) < 4.78 is 1.94. The second kappa shape index (κ2) is 15.7. The van der Waals surface area contributed by atoms with Gasteiger partial charge in [0, 0.05) is 66.7 Å². The second-order valence-corrected chi connectivity index (χ2v) is 13.2. The summed E-state index contributed by atoms with van der Waals surface area (Å²) in [4.78, 5) is 57.6. The van der Waals surface area contributed by atoms with E-state index in [-0.39, 0.29) is 23.0 Å². The summed E-state index contributed by atoms with van der Waals surface area (Å²) in [7, 11) is 0. The Kier molecular flexibility index (Phi) is 11.0. The van der Waals surface area contributed by atoms with Crippen LogP contribution in [0.3, 0.4) is 0 Å². The first-order chi connectivity index (χ1) is 24.3. The van der Waals surface area contributed by atoms with E-state index < -0.39 is 11.4 Å². The number of urea groups is 1. The zero-order valence-electron chi connectivity index (χ0n) is 28.6. The van der Waals surface area contributed by atoms with Crippen LogP contribution in [0, 0.1) is 0 Å². The number of fused-ring (bicyclic) bond motifs is 1. The van der Waals surface area contributed by atoms with Crippen LogP contribution in [-0.4, -0.2) is 92.2 Å². The number of likely N-dealkylation sites (N-methyl/N-ethyl adjacent to an activating group) is 1. The van der Waals surface area contributed by atoms with Gasteiger partial charge in [-0.1, -0.05) is 44.2 Å². The zero-order valence-corrected chi connectivity index (χ0v) is 29.4. The minimum absolute atomic E-state index is 0.0158. The van der Waals surface area contributed by atoms with Gasteiger partial charge in [0.15, 0.2) is 0 Å². The number of carboxylic acids is 1. The van der Waals surface area contributed by atoms with Gasteiger partial charge < -0.3 is 24.8 Å². The number of aromatic carboxylic acids is 1. The van der Waals surface area contributed by atoms with Gasteiger partial charge in [-0.05, 0) is 51.5 Å². The predicted octanol–water partition coefficient (Wildman–Crippen LogP) is 6.07. The van der Waals surface area contributed by atoms with Crippen LogP contribution in [0.4, 0.5) is 10.6 Å². The minimum Gasteiger partial charge on any atom is -0.477 e. The van der Waals surface area contributed by atoms with Crippen molar-refractivity contribution in [2.45, 2.75) is 39.7 Å². The number of carbonyl (C=O) groups excluding carboxylic acids is 1. The topological polar surface area (TPSA) is 146 Å². The summed E-state index contributed by atoms with van der Waals surface area (Å²) in [6.45, 7) is 12.2. The molecule has 50 heavy (non-hydrogen) atoms. The molecule has 4 aromatic heterocycles. The zero-order chi connectivity index (χ0) is 35.2. The highest BCUT2D eigenvalue weighted by atomic mass is 32.1. The molecule has 2 amide bonds. The Morgan fingerprint density at radius 2 is 1.84 bits per heavy atom. The number of nitrogens with one attached hydrogen (secondary N) is 2. The van der Waals surface area contributed by atoms with Gasteiger partial charge >= 0.3 is 12.0 Å². The minimum atomic E-state index is -1.27. The Balaban J connectivity index is 1.42. The third-order valence-electron chi connectivity index (χ3n) is 9.21. The Bertz CT molecular complexity index is 2040. The summed E-state index contributed by atoms with van der Waals surface area (Å²) in [6.07, 6.45) is 6.58. The number of anilines is 1. The van der Waals surface area contributed by atoms with Crippen molar-refractivity contribution in [2.75, 3.05) is 51.1 Å². The summed E-state index contributed by atoms with van der Waals surface area (Å²) in [5.74, 6) is -0.942. The first-order valence-corrected chi connectivity index (χ1v) is 18.0. The van der Waals surface area contributed by atoms with Crippen molar-refractivity contribution < 1.29 is 14.7 Å². The van der Waals surface area contributed by atoms with E-state index in [0.29, 0.717) is 39.7 Å². The third kappa shape index (κ3) is 7.59. The van der Waals surface area contributed by atoms with E-state index in [1.165, 1.54) is 17.5 Å². The van der Waals surface area contributed by atoms with Gasteiger partial charge in [-0.3, -0.25) is 15.1 Å². The van der Waals surface area contributed by atoms with E-state index in [0.717, 1.165) is 63.4 Å². The first-order valence-electron chi connectivity index (χ1n) is 17.1. The van der Waals surface area contributed by atoms with Crippen LogP contribution in [0.5, 0.6) is 0 Å². The van der Waals surface area contributed by atoms with Crippen LogP contribution in [-0.2, 0) is 0 Å². The predicted molar refractivity (Wildman–Crippen MR) is 198 cm³/mol. The average molecular weight is 695 g/mol. The number of hydrogen-bond acceptors (Lipinski definition) is 9. The molecule has 5 aromatic rings. The van der Waals surface area contributed by atoms with Crippen LogP contribution >= 0.6 is 11.3 Å². The maximum atomic E-state index is 13.7. The molecule has 5 heterocycles. The number of rotatable bonds is 12. The van der Waals surface area contributed by atoms with Crippen LogP contribution in [0.15, 0.2) is 71.2 Å². The second-order valence-electron chi connectivity index (χ2n) is 12.3. The number of nitrogens with zero attached hydrogens (tertiary/aromatic N) is 6. The SMILES string of the molecule is CCNC(=O)Nc1cc(-c2nc(-c3ccccc3)cs2)c(-c2cc3c(=O)c(C(=O)O)cn([C@@H]4CCCN(CCN(CC)CC)C4)c3cn2)cn1.